The molecule has 1 aliphatic rings. The maximum absolute atomic E-state index is 8.98. The van der Waals surface area contributed by atoms with Crippen molar-refractivity contribution in [3.8, 4) is 6.07 Å². The summed E-state index contributed by atoms with van der Waals surface area (Å²) >= 11 is 5.96. The van der Waals surface area contributed by atoms with Gasteiger partial charge in [-0.25, -0.2) is 4.98 Å². The van der Waals surface area contributed by atoms with Crippen LogP contribution in [0.3, 0.4) is 0 Å². The fourth-order valence-electron chi connectivity index (χ4n) is 2.54. The minimum absolute atomic E-state index is 0.381. The van der Waals surface area contributed by atoms with E-state index in [0.29, 0.717) is 16.8 Å². The molecule has 0 aliphatic carbocycles. The molecule has 0 saturated carbocycles. The van der Waals surface area contributed by atoms with Gasteiger partial charge in [-0.2, -0.15) is 5.26 Å². The van der Waals surface area contributed by atoms with Gasteiger partial charge in [0.15, 0.2) is 0 Å². The first-order valence-electron chi connectivity index (χ1n) is 6.67. The van der Waals surface area contributed by atoms with E-state index in [1.54, 1.807) is 12.1 Å². The van der Waals surface area contributed by atoms with Gasteiger partial charge in [0.2, 0.25) is 0 Å². The molecular weight excluding hydrogens is 260 g/mol. The van der Waals surface area contributed by atoms with Crippen molar-refractivity contribution in [2.45, 2.75) is 25.8 Å². The van der Waals surface area contributed by atoms with Crippen LogP contribution >= 0.6 is 11.6 Å². The van der Waals surface area contributed by atoms with Crippen molar-refractivity contribution in [2.24, 2.45) is 0 Å². The molecule has 0 atom stereocenters. The summed E-state index contributed by atoms with van der Waals surface area (Å²) in [5, 5.41) is 9.37. The van der Waals surface area contributed by atoms with Crippen molar-refractivity contribution in [3.63, 3.8) is 0 Å². The van der Waals surface area contributed by atoms with Gasteiger partial charge in [-0.3, -0.25) is 0 Å². The number of pyridine rings is 1. The lowest BCUT2D eigenvalue weighted by Gasteiger charge is -2.36. The van der Waals surface area contributed by atoms with E-state index in [-0.39, 0.29) is 0 Å². The number of piperidine rings is 1. The molecular formula is C14H19ClN4. The molecule has 19 heavy (non-hydrogen) atoms. The molecule has 0 amide bonds. The zero-order valence-electron chi connectivity index (χ0n) is 11.4. The third-order valence-corrected chi connectivity index (χ3v) is 4.02. The highest BCUT2D eigenvalue weighted by Gasteiger charge is 2.22. The van der Waals surface area contributed by atoms with Crippen molar-refractivity contribution in [1.29, 1.82) is 5.26 Å². The highest BCUT2D eigenvalue weighted by molar-refractivity contribution is 6.29. The zero-order valence-corrected chi connectivity index (χ0v) is 12.2. The SMILES string of the molecule is CCN1CCC(N(C)c2cc(C#N)cc(Cl)n2)CC1. The highest BCUT2D eigenvalue weighted by Crippen LogP contribution is 2.23. The van der Waals surface area contributed by atoms with Crippen LogP contribution in [0.5, 0.6) is 0 Å². The molecule has 1 saturated heterocycles. The molecule has 2 heterocycles. The number of likely N-dealkylation sites (tertiary alicyclic amines) is 1. The Kier molecular flexibility index (Phi) is 4.62. The molecule has 1 aromatic rings. The highest BCUT2D eigenvalue weighted by atomic mass is 35.5. The Hall–Kier alpha value is -1.31. The van der Waals surface area contributed by atoms with Gasteiger partial charge < -0.3 is 9.80 Å². The molecule has 102 valence electrons. The van der Waals surface area contributed by atoms with Gasteiger partial charge in [0.1, 0.15) is 11.0 Å². The molecule has 0 bridgehead atoms. The van der Waals surface area contributed by atoms with Crippen LogP contribution in [0.2, 0.25) is 5.15 Å². The molecule has 0 radical (unpaired) electrons. The predicted molar refractivity (Wildman–Crippen MR) is 77.5 cm³/mol. The summed E-state index contributed by atoms with van der Waals surface area (Å²) in [5.74, 6) is 0.791. The van der Waals surface area contributed by atoms with Crippen molar-refractivity contribution in [2.75, 3.05) is 31.6 Å². The Morgan fingerprint density at radius 1 is 1.47 bits per heavy atom. The summed E-state index contributed by atoms with van der Waals surface area (Å²) in [6.07, 6.45) is 2.25. The maximum Gasteiger partial charge on any atom is 0.132 e. The number of hydrogen-bond donors (Lipinski definition) is 0. The van der Waals surface area contributed by atoms with E-state index in [4.69, 9.17) is 16.9 Å². The minimum atomic E-state index is 0.381. The first-order chi connectivity index (χ1) is 9.13. The quantitative estimate of drug-likeness (QED) is 0.797. The second kappa shape index (κ2) is 6.23. The van der Waals surface area contributed by atoms with Crippen LogP contribution in [0.4, 0.5) is 5.82 Å². The van der Waals surface area contributed by atoms with E-state index in [1.165, 1.54) is 0 Å². The predicted octanol–water partition coefficient (Wildman–Crippen LogP) is 2.53. The molecule has 2 rings (SSSR count). The van der Waals surface area contributed by atoms with E-state index in [2.05, 4.69) is 27.8 Å². The fraction of sp³-hybridized carbons (Fsp3) is 0.571. The van der Waals surface area contributed by atoms with Gasteiger partial charge >= 0.3 is 0 Å². The standard InChI is InChI=1S/C14H19ClN4/c1-3-19-6-4-12(5-7-19)18(2)14-9-11(10-16)8-13(15)17-14/h8-9,12H,3-7H2,1-2H3. The second-order valence-electron chi connectivity index (χ2n) is 4.92. The average Bonchev–Trinajstić information content (AvgIpc) is 2.46. The van der Waals surface area contributed by atoms with Gasteiger partial charge in [-0.1, -0.05) is 18.5 Å². The Labute approximate surface area is 119 Å². The van der Waals surface area contributed by atoms with Gasteiger partial charge in [-0.15, -0.1) is 0 Å². The topological polar surface area (TPSA) is 43.2 Å². The number of aromatic nitrogens is 1. The Bertz CT molecular complexity index is 475. The van der Waals surface area contributed by atoms with E-state index in [0.717, 1.165) is 38.3 Å². The molecule has 0 unspecified atom stereocenters. The van der Waals surface area contributed by atoms with E-state index in [1.807, 2.05) is 7.05 Å². The number of nitrogens with zero attached hydrogens (tertiary/aromatic N) is 4. The summed E-state index contributed by atoms with van der Waals surface area (Å²) in [5.41, 5.74) is 0.563. The molecule has 5 heteroatoms. The molecule has 4 nitrogen and oxygen atoms in total. The first-order valence-corrected chi connectivity index (χ1v) is 7.04. The van der Waals surface area contributed by atoms with Crippen molar-refractivity contribution in [3.05, 3.63) is 22.8 Å². The number of rotatable bonds is 3. The number of hydrogen-bond acceptors (Lipinski definition) is 4. The molecule has 0 N–H and O–H groups in total. The summed E-state index contributed by atoms with van der Waals surface area (Å²) in [7, 11) is 2.03. The average molecular weight is 279 g/mol. The van der Waals surface area contributed by atoms with Gasteiger partial charge in [0.05, 0.1) is 11.6 Å². The monoisotopic (exact) mass is 278 g/mol. The Morgan fingerprint density at radius 3 is 2.74 bits per heavy atom. The van der Waals surface area contributed by atoms with Crippen molar-refractivity contribution < 1.29 is 0 Å². The van der Waals surface area contributed by atoms with Gasteiger partial charge in [0.25, 0.3) is 0 Å². The number of nitriles is 1. The van der Waals surface area contributed by atoms with Crippen LogP contribution in [0.1, 0.15) is 25.3 Å². The Morgan fingerprint density at radius 2 is 2.16 bits per heavy atom. The summed E-state index contributed by atoms with van der Waals surface area (Å²) in [4.78, 5) is 8.93. The third kappa shape index (κ3) is 3.37. The van der Waals surface area contributed by atoms with Crippen LogP contribution < -0.4 is 4.90 Å². The largest absolute Gasteiger partial charge is 0.357 e. The summed E-state index contributed by atoms with van der Waals surface area (Å²) in [6, 6.07) is 5.99. The first kappa shape index (κ1) is 14.1. The van der Waals surface area contributed by atoms with E-state index in [9.17, 15) is 0 Å². The lowest BCUT2D eigenvalue weighted by Crippen LogP contribution is -2.43. The van der Waals surface area contributed by atoms with Crippen LogP contribution in [-0.4, -0.2) is 42.6 Å². The van der Waals surface area contributed by atoms with Crippen LogP contribution in [0.25, 0.3) is 0 Å². The lowest BCUT2D eigenvalue weighted by molar-refractivity contribution is 0.220. The molecule has 0 spiro atoms. The summed E-state index contributed by atoms with van der Waals surface area (Å²) in [6.45, 7) is 5.56. The van der Waals surface area contributed by atoms with Crippen LogP contribution in [-0.2, 0) is 0 Å². The van der Waals surface area contributed by atoms with Gasteiger partial charge in [-0.05, 0) is 31.5 Å². The molecule has 1 fully saturated rings. The number of halogens is 1. The fourth-order valence-corrected chi connectivity index (χ4v) is 2.74. The van der Waals surface area contributed by atoms with Crippen molar-refractivity contribution >= 4 is 17.4 Å². The minimum Gasteiger partial charge on any atom is -0.357 e. The molecule has 1 aromatic heterocycles. The van der Waals surface area contributed by atoms with Gasteiger partial charge in [0, 0.05) is 26.2 Å². The van der Waals surface area contributed by atoms with E-state index >= 15 is 0 Å². The Balaban J connectivity index is 2.10. The zero-order chi connectivity index (χ0) is 13.8. The maximum atomic E-state index is 8.98. The third-order valence-electron chi connectivity index (χ3n) is 3.82. The van der Waals surface area contributed by atoms with Crippen LogP contribution in [0.15, 0.2) is 12.1 Å². The number of anilines is 1. The normalized spacial score (nSPS) is 17.2. The van der Waals surface area contributed by atoms with E-state index < -0.39 is 0 Å². The summed E-state index contributed by atoms with van der Waals surface area (Å²) < 4.78 is 0. The molecule has 0 aromatic carbocycles. The van der Waals surface area contributed by atoms with Crippen molar-refractivity contribution in [1.82, 2.24) is 9.88 Å². The lowest BCUT2D eigenvalue weighted by atomic mass is 10.0. The van der Waals surface area contributed by atoms with Crippen LogP contribution in [0, 0.1) is 11.3 Å². The smallest absolute Gasteiger partial charge is 0.132 e. The molecule has 1 aliphatic heterocycles. The second-order valence-corrected chi connectivity index (χ2v) is 5.31.